The Labute approximate surface area is 113 Å². The first-order valence-corrected chi connectivity index (χ1v) is 6.16. The van der Waals surface area contributed by atoms with Gasteiger partial charge in [-0.05, 0) is 6.07 Å². The molecular formula is C11H12N4O3S. The molecule has 3 N–H and O–H groups in total. The van der Waals surface area contributed by atoms with E-state index in [9.17, 15) is 9.59 Å². The molecule has 0 aliphatic carbocycles. The van der Waals surface area contributed by atoms with Crippen LogP contribution in [0.1, 0.15) is 21.0 Å². The SMILES string of the molecule is COC(=O)c1cc(NC(=O)c2csc(N)n2)cn1C. The summed E-state index contributed by atoms with van der Waals surface area (Å²) in [6.07, 6.45) is 1.61. The van der Waals surface area contributed by atoms with Crippen LogP contribution in [0.25, 0.3) is 0 Å². The number of nitrogens with zero attached hydrogens (tertiary/aromatic N) is 2. The molecule has 0 fully saturated rings. The fourth-order valence-electron chi connectivity index (χ4n) is 1.53. The van der Waals surface area contributed by atoms with Crippen molar-refractivity contribution in [3.05, 3.63) is 29.0 Å². The van der Waals surface area contributed by atoms with E-state index in [0.717, 1.165) is 0 Å². The van der Waals surface area contributed by atoms with Gasteiger partial charge >= 0.3 is 5.97 Å². The molecule has 0 radical (unpaired) electrons. The molecule has 0 saturated carbocycles. The van der Waals surface area contributed by atoms with Crippen LogP contribution in [0.5, 0.6) is 0 Å². The number of nitrogens with two attached hydrogens (primary N) is 1. The molecule has 1 amide bonds. The van der Waals surface area contributed by atoms with E-state index in [1.165, 1.54) is 24.5 Å². The third-order valence-corrected chi connectivity index (χ3v) is 3.09. The van der Waals surface area contributed by atoms with Crippen molar-refractivity contribution in [2.24, 2.45) is 7.05 Å². The molecule has 2 aromatic rings. The van der Waals surface area contributed by atoms with Crippen molar-refractivity contribution in [3.8, 4) is 0 Å². The molecule has 2 rings (SSSR count). The maximum absolute atomic E-state index is 11.8. The number of amides is 1. The lowest BCUT2D eigenvalue weighted by atomic mass is 10.4. The van der Waals surface area contributed by atoms with E-state index in [-0.39, 0.29) is 11.6 Å². The summed E-state index contributed by atoms with van der Waals surface area (Å²) in [4.78, 5) is 27.1. The molecule has 0 aromatic carbocycles. The number of hydrogen-bond acceptors (Lipinski definition) is 6. The van der Waals surface area contributed by atoms with E-state index < -0.39 is 5.97 Å². The Morgan fingerprint density at radius 1 is 1.53 bits per heavy atom. The summed E-state index contributed by atoms with van der Waals surface area (Å²) < 4.78 is 6.19. The van der Waals surface area contributed by atoms with Crippen LogP contribution >= 0.6 is 11.3 Å². The van der Waals surface area contributed by atoms with Crippen LogP contribution in [0.3, 0.4) is 0 Å². The summed E-state index contributed by atoms with van der Waals surface area (Å²) in [5.74, 6) is -0.851. The van der Waals surface area contributed by atoms with Gasteiger partial charge in [0.1, 0.15) is 11.4 Å². The zero-order valence-electron chi connectivity index (χ0n) is 10.3. The van der Waals surface area contributed by atoms with Gasteiger partial charge in [0.2, 0.25) is 0 Å². The van der Waals surface area contributed by atoms with Crippen LogP contribution in [0.15, 0.2) is 17.6 Å². The lowest BCUT2D eigenvalue weighted by Gasteiger charge is -1.98. The minimum atomic E-state index is -0.471. The first-order valence-electron chi connectivity index (χ1n) is 5.28. The lowest BCUT2D eigenvalue weighted by Crippen LogP contribution is -2.11. The first-order chi connectivity index (χ1) is 9.01. The fraction of sp³-hybridized carbons (Fsp3) is 0.182. The fourth-order valence-corrected chi connectivity index (χ4v) is 2.07. The van der Waals surface area contributed by atoms with Crippen molar-refractivity contribution >= 4 is 34.0 Å². The summed E-state index contributed by atoms with van der Waals surface area (Å²) in [6, 6.07) is 1.53. The predicted molar refractivity (Wildman–Crippen MR) is 71.2 cm³/mol. The molecule has 8 heteroatoms. The van der Waals surface area contributed by atoms with Crippen molar-refractivity contribution in [2.45, 2.75) is 0 Å². The van der Waals surface area contributed by atoms with Crippen LogP contribution in [0, 0.1) is 0 Å². The third kappa shape index (κ3) is 2.74. The number of thiazole rings is 1. The molecule has 19 heavy (non-hydrogen) atoms. The van der Waals surface area contributed by atoms with Crippen molar-refractivity contribution in [1.82, 2.24) is 9.55 Å². The van der Waals surface area contributed by atoms with Gasteiger partial charge in [-0.15, -0.1) is 11.3 Å². The van der Waals surface area contributed by atoms with Gasteiger partial charge in [-0.3, -0.25) is 4.79 Å². The number of aryl methyl sites for hydroxylation is 1. The summed E-state index contributed by atoms with van der Waals surface area (Å²) in [7, 11) is 2.98. The molecule has 2 aromatic heterocycles. The molecule has 0 aliphatic heterocycles. The second-order valence-corrected chi connectivity index (χ2v) is 4.63. The summed E-state index contributed by atoms with van der Waals surface area (Å²) in [6.45, 7) is 0. The van der Waals surface area contributed by atoms with Gasteiger partial charge in [-0.2, -0.15) is 0 Å². The van der Waals surface area contributed by atoms with Gasteiger partial charge in [-0.25, -0.2) is 9.78 Å². The predicted octanol–water partition coefficient (Wildman–Crippen LogP) is 1.10. The smallest absolute Gasteiger partial charge is 0.354 e. The standard InChI is InChI=1S/C11H12N4O3S/c1-15-4-6(3-8(15)10(17)18-2)13-9(16)7-5-19-11(12)14-7/h3-5H,1-2H3,(H2,12,14)(H,13,16). The maximum atomic E-state index is 11.8. The Hall–Kier alpha value is -2.35. The van der Waals surface area contributed by atoms with Gasteiger partial charge in [0, 0.05) is 18.6 Å². The number of rotatable bonds is 3. The number of nitrogen functional groups attached to an aromatic ring is 1. The Morgan fingerprint density at radius 2 is 2.26 bits per heavy atom. The Balaban J connectivity index is 2.16. The Morgan fingerprint density at radius 3 is 2.84 bits per heavy atom. The van der Waals surface area contributed by atoms with Crippen molar-refractivity contribution in [2.75, 3.05) is 18.2 Å². The second-order valence-electron chi connectivity index (χ2n) is 3.74. The molecule has 100 valence electrons. The Kier molecular flexibility index (Phi) is 3.52. The number of carbonyl (C=O) groups excluding carboxylic acids is 2. The van der Waals surface area contributed by atoms with Crippen LogP contribution in [0.2, 0.25) is 0 Å². The minimum absolute atomic E-state index is 0.242. The molecule has 0 atom stereocenters. The molecule has 7 nitrogen and oxygen atoms in total. The monoisotopic (exact) mass is 280 g/mol. The van der Waals surface area contributed by atoms with Gasteiger partial charge in [0.15, 0.2) is 5.13 Å². The zero-order chi connectivity index (χ0) is 14.0. The third-order valence-electron chi connectivity index (χ3n) is 2.41. The average molecular weight is 280 g/mol. The number of methoxy groups -OCH3 is 1. The van der Waals surface area contributed by atoms with E-state index in [0.29, 0.717) is 16.5 Å². The molecule has 0 spiro atoms. The van der Waals surface area contributed by atoms with E-state index in [1.54, 1.807) is 23.2 Å². The van der Waals surface area contributed by atoms with E-state index in [1.807, 2.05) is 0 Å². The number of ether oxygens (including phenoxy) is 1. The molecule has 0 aliphatic rings. The van der Waals surface area contributed by atoms with Crippen LogP contribution in [0.4, 0.5) is 10.8 Å². The highest BCUT2D eigenvalue weighted by Gasteiger charge is 2.15. The van der Waals surface area contributed by atoms with E-state index in [4.69, 9.17) is 5.73 Å². The van der Waals surface area contributed by atoms with E-state index in [2.05, 4.69) is 15.0 Å². The van der Waals surface area contributed by atoms with E-state index >= 15 is 0 Å². The number of anilines is 2. The van der Waals surface area contributed by atoms with Crippen molar-refractivity contribution in [1.29, 1.82) is 0 Å². The zero-order valence-corrected chi connectivity index (χ0v) is 11.2. The normalized spacial score (nSPS) is 10.2. The van der Waals surface area contributed by atoms with Gasteiger partial charge in [0.25, 0.3) is 5.91 Å². The second kappa shape index (κ2) is 5.11. The Bertz CT molecular complexity index is 632. The van der Waals surface area contributed by atoms with Crippen LogP contribution in [-0.2, 0) is 11.8 Å². The molecule has 0 unspecified atom stereocenters. The number of carbonyl (C=O) groups is 2. The van der Waals surface area contributed by atoms with Crippen LogP contribution in [-0.4, -0.2) is 28.5 Å². The first kappa shape index (κ1) is 13.1. The maximum Gasteiger partial charge on any atom is 0.354 e. The summed E-state index contributed by atoms with van der Waals surface area (Å²) in [5.41, 5.74) is 6.53. The van der Waals surface area contributed by atoms with Crippen molar-refractivity contribution in [3.63, 3.8) is 0 Å². The summed E-state index contributed by atoms with van der Waals surface area (Å²) >= 11 is 1.19. The number of nitrogens with one attached hydrogen (secondary N) is 1. The quantitative estimate of drug-likeness (QED) is 0.820. The molecule has 0 bridgehead atoms. The van der Waals surface area contributed by atoms with Gasteiger partial charge in [-0.1, -0.05) is 0 Å². The summed E-state index contributed by atoms with van der Waals surface area (Å²) in [5, 5.41) is 4.52. The highest BCUT2D eigenvalue weighted by atomic mass is 32.1. The average Bonchev–Trinajstić information content (AvgIpc) is 2.95. The van der Waals surface area contributed by atoms with Gasteiger partial charge in [0.05, 0.1) is 12.8 Å². The van der Waals surface area contributed by atoms with Crippen molar-refractivity contribution < 1.29 is 14.3 Å². The number of aromatic nitrogens is 2. The topological polar surface area (TPSA) is 99.2 Å². The molecular weight excluding hydrogens is 268 g/mol. The highest BCUT2D eigenvalue weighted by molar-refractivity contribution is 7.13. The lowest BCUT2D eigenvalue weighted by molar-refractivity contribution is 0.0590. The largest absolute Gasteiger partial charge is 0.464 e. The number of hydrogen-bond donors (Lipinski definition) is 2. The van der Waals surface area contributed by atoms with Crippen LogP contribution < -0.4 is 11.1 Å². The van der Waals surface area contributed by atoms with Gasteiger partial charge < -0.3 is 20.4 Å². The molecule has 2 heterocycles. The number of esters is 1. The minimum Gasteiger partial charge on any atom is -0.464 e. The highest BCUT2D eigenvalue weighted by Crippen LogP contribution is 2.16. The molecule has 0 saturated heterocycles.